The standard InChI is InChI=1S/C15H10O4/c1-9(16)18-10-6-7-11-12-4-2-3-5-14(12)19-15(17)13(11)8-10/h2-8H,1H3. The largest absolute Gasteiger partial charge is 0.427 e. The number of fused-ring (bicyclic) bond motifs is 3. The van der Waals surface area contributed by atoms with Gasteiger partial charge in [0.25, 0.3) is 0 Å². The Kier molecular flexibility index (Phi) is 2.56. The number of para-hydroxylation sites is 1. The van der Waals surface area contributed by atoms with Crippen LogP contribution in [0.2, 0.25) is 0 Å². The van der Waals surface area contributed by atoms with Gasteiger partial charge < -0.3 is 9.15 Å². The van der Waals surface area contributed by atoms with Crippen molar-refractivity contribution < 1.29 is 13.9 Å². The van der Waals surface area contributed by atoms with E-state index in [0.29, 0.717) is 16.7 Å². The molecule has 0 bridgehead atoms. The summed E-state index contributed by atoms with van der Waals surface area (Å²) in [6, 6.07) is 12.3. The Labute approximate surface area is 108 Å². The molecule has 0 spiro atoms. The summed E-state index contributed by atoms with van der Waals surface area (Å²) in [5.74, 6) is -0.0906. The third-order valence-electron chi connectivity index (χ3n) is 2.85. The maximum Gasteiger partial charge on any atom is 0.344 e. The molecule has 0 aliphatic heterocycles. The number of hydrogen-bond acceptors (Lipinski definition) is 4. The summed E-state index contributed by atoms with van der Waals surface area (Å²) in [6.45, 7) is 1.31. The summed E-state index contributed by atoms with van der Waals surface area (Å²) < 4.78 is 10.2. The van der Waals surface area contributed by atoms with Crippen LogP contribution in [0.15, 0.2) is 51.7 Å². The highest BCUT2D eigenvalue weighted by Crippen LogP contribution is 2.25. The van der Waals surface area contributed by atoms with Gasteiger partial charge in [0.2, 0.25) is 0 Å². The molecule has 94 valence electrons. The van der Waals surface area contributed by atoms with Crippen LogP contribution in [0.25, 0.3) is 21.7 Å². The number of esters is 1. The molecular formula is C15H10O4. The Hall–Kier alpha value is -2.62. The first-order valence-electron chi connectivity index (χ1n) is 5.79. The van der Waals surface area contributed by atoms with Gasteiger partial charge in [0.15, 0.2) is 0 Å². The van der Waals surface area contributed by atoms with E-state index in [-0.39, 0.29) is 0 Å². The van der Waals surface area contributed by atoms with Crippen molar-refractivity contribution in [1.29, 1.82) is 0 Å². The fourth-order valence-corrected chi connectivity index (χ4v) is 2.09. The molecule has 0 fully saturated rings. The number of carbonyl (C=O) groups is 1. The van der Waals surface area contributed by atoms with Gasteiger partial charge in [-0.3, -0.25) is 4.79 Å². The summed E-state index contributed by atoms with van der Waals surface area (Å²) >= 11 is 0. The number of benzene rings is 2. The highest BCUT2D eigenvalue weighted by atomic mass is 16.5. The first kappa shape index (κ1) is 11.5. The lowest BCUT2D eigenvalue weighted by Crippen LogP contribution is -2.04. The van der Waals surface area contributed by atoms with E-state index in [4.69, 9.17) is 9.15 Å². The fourth-order valence-electron chi connectivity index (χ4n) is 2.09. The topological polar surface area (TPSA) is 56.5 Å². The van der Waals surface area contributed by atoms with Crippen molar-refractivity contribution in [2.45, 2.75) is 6.92 Å². The van der Waals surface area contributed by atoms with Gasteiger partial charge in [-0.05, 0) is 24.3 Å². The lowest BCUT2D eigenvalue weighted by atomic mass is 10.1. The molecule has 0 aliphatic carbocycles. The van der Waals surface area contributed by atoms with Crippen LogP contribution in [-0.2, 0) is 4.79 Å². The minimum absolute atomic E-state index is 0.336. The van der Waals surface area contributed by atoms with Crippen molar-refractivity contribution in [3.05, 3.63) is 52.9 Å². The summed E-state index contributed by atoms with van der Waals surface area (Å²) in [5, 5.41) is 2.03. The van der Waals surface area contributed by atoms with E-state index in [9.17, 15) is 9.59 Å². The second-order valence-corrected chi connectivity index (χ2v) is 4.19. The van der Waals surface area contributed by atoms with Gasteiger partial charge in [0.05, 0.1) is 5.39 Å². The Bertz CT molecular complexity index is 846. The third-order valence-corrected chi connectivity index (χ3v) is 2.85. The average Bonchev–Trinajstić information content (AvgIpc) is 2.38. The van der Waals surface area contributed by atoms with Gasteiger partial charge in [0.1, 0.15) is 11.3 Å². The fraction of sp³-hybridized carbons (Fsp3) is 0.0667. The molecule has 4 heteroatoms. The normalized spacial score (nSPS) is 10.8. The van der Waals surface area contributed by atoms with Crippen LogP contribution in [0.3, 0.4) is 0 Å². The first-order chi connectivity index (χ1) is 9.15. The molecule has 4 nitrogen and oxygen atoms in total. The van der Waals surface area contributed by atoms with E-state index >= 15 is 0 Å². The lowest BCUT2D eigenvalue weighted by Gasteiger charge is -2.05. The van der Waals surface area contributed by atoms with Crippen LogP contribution in [0.4, 0.5) is 0 Å². The molecule has 3 rings (SSSR count). The Morgan fingerprint density at radius 2 is 1.84 bits per heavy atom. The van der Waals surface area contributed by atoms with E-state index in [0.717, 1.165) is 10.8 Å². The molecule has 0 N–H and O–H groups in total. The minimum Gasteiger partial charge on any atom is -0.427 e. The van der Waals surface area contributed by atoms with Gasteiger partial charge in [0, 0.05) is 17.7 Å². The third kappa shape index (κ3) is 1.97. The summed E-state index contributed by atoms with van der Waals surface area (Å²) in [4.78, 5) is 22.8. The zero-order chi connectivity index (χ0) is 13.4. The summed E-state index contributed by atoms with van der Waals surface area (Å²) in [7, 11) is 0. The zero-order valence-corrected chi connectivity index (χ0v) is 10.2. The minimum atomic E-state index is -0.442. The maximum atomic E-state index is 11.9. The number of carbonyl (C=O) groups excluding carboxylic acids is 1. The van der Waals surface area contributed by atoms with Crippen LogP contribution in [0.1, 0.15) is 6.92 Å². The van der Waals surface area contributed by atoms with Gasteiger partial charge in [-0.2, -0.15) is 0 Å². The molecule has 19 heavy (non-hydrogen) atoms. The molecule has 0 unspecified atom stereocenters. The number of ether oxygens (including phenoxy) is 1. The first-order valence-corrected chi connectivity index (χ1v) is 5.79. The van der Waals surface area contributed by atoms with Crippen LogP contribution in [0.5, 0.6) is 5.75 Å². The van der Waals surface area contributed by atoms with Gasteiger partial charge in [-0.1, -0.05) is 18.2 Å². The van der Waals surface area contributed by atoms with Gasteiger partial charge in [-0.25, -0.2) is 4.79 Å². The van der Waals surface area contributed by atoms with Crippen LogP contribution in [0, 0.1) is 0 Å². The van der Waals surface area contributed by atoms with Crippen molar-refractivity contribution in [1.82, 2.24) is 0 Å². The lowest BCUT2D eigenvalue weighted by molar-refractivity contribution is -0.131. The highest BCUT2D eigenvalue weighted by molar-refractivity contribution is 6.04. The van der Waals surface area contributed by atoms with Gasteiger partial charge >= 0.3 is 11.6 Å². The van der Waals surface area contributed by atoms with Crippen LogP contribution < -0.4 is 10.4 Å². The van der Waals surface area contributed by atoms with E-state index in [1.807, 2.05) is 18.2 Å². The number of hydrogen-bond donors (Lipinski definition) is 0. The SMILES string of the molecule is CC(=O)Oc1ccc2c(c1)c(=O)oc1ccccc12. The predicted octanol–water partition coefficient (Wildman–Crippen LogP) is 2.87. The van der Waals surface area contributed by atoms with E-state index < -0.39 is 11.6 Å². The van der Waals surface area contributed by atoms with Crippen LogP contribution in [-0.4, -0.2) is 5.97 Å². The highest BCUT2D eigenvalue weighted by Gasteiger charge is 2.08. The molecule has 1 heterocycles. The smallest absolute Gasteiger partial charge is 0.344 e. The van der Waals surface area contributed by atoms with Crippen molar-refractivity contribution in [3.8, 4) is 5.75 Å². The molecule has 0 radical (unpaired) electrons. The molecule has 0 saturated heterocycles. The second-order valence-electron chi connectivity index (χ2n) is 4.19. The van der Waals surface area contributed by atoms with Gasteiger partial charge in [-0.15, -0.1) is 0 Å². The Morgan fingerprint density at radius 1 is 1.05 bits per heavy atom. The number of rotatable bonds is 1. The predicted molar refractivity (Wildman–Crippen MR) is 71.3 cm³/mol. The monoisotopic (exact) mass is 254 g/mol. The summed E-state index contributed by atoms with van der Waals surface area (Å²) in [5.41, 5.74) is 0.0999. The molecule has 3 aromatic rings. The van der Waals surface area contributed by atoms with Crippen molar-refractivity contribution in [2.24, 2.45) is 0 Å². The Morgan fingerprint density at radius 3 is 2.63 bits per heavy atom. The maximum absolute atomic E-state index is 11.9. The second kappa shape index (κ2) is 4.24. The Balaban J connectivity index is 2.35. The van der Waals surface area contributed by atoms with E-state index in [1.54, 1.807) is 18.2 Å². The van der Waals surface area contributed by atoms with Crippen LogP contribution >= 0.6 is 0 Å². The molecule has 2 aromatic carbocycles. The molecular weight excluding hydrogens is 244 g/mol. The van der Waals surface area contributed by atoms with E-state index in [2.05, 4.69) is 0 Å². The van der Waals surface area contributed by atoms with Crippen molar-refractivity contribution in [3.63, 3.8) is 0 Å². The molecule has 0 atom stereocenters. The van der Waals surface area contributed by atoms with Crippen molar-refractivity contribution >= 4 is 27.7 Å². The molecule has 0 amide bonds. The summed E-state index contributed by atoms with van der Waals surface area (Å²) in [6.07, 6.45) is 0. The van der Waals surface area contributed by atoms with E-state index in [1.165, 1.54) is 13.0 Å². The molecule has 0 saturated carbocycles. The quantitative estimate of drug-likeness (QED) is 0.290. The van der Waals surface area contributed by atoms with Crippen molar-refractivity contribution in [2.75, 3.05) is 0 Å². The molecule has 1 aromatic heterocycles. The average molecular weight is 254 g/mol. The molecule has 0 aliphatic rings. The zero-order valence-electron chi connectivity index (χ0n) is 10.2.